The number of para-hydroxylation sites is 1. The van der Waals surface area contributed by atoms with Gasteiger partial charge < -0.3 is 14.4 Å². The molecule has 4 aliphatic rings. The van der Waals surface area contributed by atoms with Crippen molar-refractivity contribution in [3.05, 3.63) is 81.9 Å². The number of nitro benzene ring substituents is 1. The van der Waals surface area contributed by atoms with Gasteiger partial charge in [0, 0.05) is 29.9 Å². The summed E-state index contributed by atoms with van der Waals surface area (Å²) in [6.45, 7) is 5.71. The van der Waals surface area contributed by atoms with E-state index in [0.29, 0.717) is 24.2 Å². The average Bonchev–Trinajstić information content (AvgIpc) is 3.61. The molecule has 6 rings (SSSR count). The average molecular weight is 529 g/mol. The van der Waals surface area contributed by atoms with Gasteiger partial charge in [-0.25, -0.2) is 0 Å². The fraction of sp³-hybridized carbons (Fsp3) is 0.469. The number of hydrogen-bond acceptors (Lipinski definition) is 6. The largest absolute Gasteiger partial charge is 0.465 e. The lowest BCUT2D eigenvalue weighted by Gasteiger charge is -2.47. The minimum atomic E-state index is -0.732. The van der Waals surface area contributed by atoms with Crippen molar-refractivity contribution >= 4 is 23.4 Å². The Morgan fingerprint density at radius 1 is 1.10 bits per heavy atom. The van der Waals surface area contributed by atoms with Crippen molar-refractivity contribution in [1.82, 2.24) is 0 Å². The number of carbonyl (C=O) groups excluding carboxylic acids is 1. The number of hydrogen-bond donors (Lipinski definition) is 0. The van der Waals surface area contributed by atoms with Gasteiger partial charge in [0.1, 0.15) is 5.75 Å². The van der Waals surface area contributed by atoms with Crippen LogP contribution in [0.1, 0.15) is 63.5 Å². The summed E-state index contributed by atoms with van der Waals surface area (Å²) >= 11 is 0. The number of carbonyl (C=O) groups is 1. The molecule has 0 saturated heterocycles. The maximum Gasteiger partial charge on any atom is 0.309 e. The molecular formula is C32H36N2O5. The first-order valence-electron chi connectivity index (χ1n) is 14.2. The third kappa shape index (κ3) is 4.32. The lowest BCUT2D eigenvalue weighted by molar-refractivity contribution is -0.384. The molecule has 0 amide bonds. The Kier molecular flexibility index (Phi) is 6.48. The lowest BCUT2D eigenvalue weighted by atomic mass is 9.76. The topological polar surface area (TPSA) is 81.9 Å². The van der Waals surface area contributed by atoms with Crippen LogP contribution in [0.5, 0.6) is 5.75 Å². The van der Waals surface area contributed by atoms with E-state index in [1.165, 1.54) is 11.6 Å². The van der Waals surface area contributed by atoms with Gasteiger partial charge in [0.2, 0.25) is 5.72 Å². The fourth-order valence-corrected chi connectivity index (χ4v) is 7.05. The first kappa shape index (κ1) is 25.7. The molecule has 2 heterocycles. The number of fused-ring (bicyclic) bond motifs is 4. The summed E-state index contributed by atoms with van der Waals surface area (Å²) in [6.07, 6.45) is 14.4. The van der Waals surface area contributed by atoms with E-state index >= 15 is 0 Å². The maximum atomic E-state index is 12.5. The number of non-ortho nitro benzene ring substituents is 1. The van der Waals surface area contributed by atoms with Crippen molar-refractivity contribution in [3.63, 3.8) is 0 Å². The molecule has 1 spiro atoms. The Labute approximate surface area is 229 Å². The molecule has 2 aliphatic heterocycles. The normalized spacial score (nSPS) is 26.9. The summed E-state index contributed by atoms with van der Waals surface area (Å²) in [6, 6.07) is 13.2. The second-order valence-electron chi connectivity index (χ2n) is 11.9. The summed E-state index contributed by atoms with van der Waals surface area (Å²) in [5.41, 5.74) is 2.08. The van der Waals surface area contributed by atoms with Crippen molar-refractivity contribution < 1.29 is 19.2 Å². The van der Waals surface area contributed by atoms with E-state index in [0.717, 1.165) is 56.3 Å². The molecule has 0 N–H and O–H groups in total. The van der Waals surface area contributed by atoms with Crippen LogP contribution in [-0.2, 0) is 14.9 Å². The monoisotopic (exact) mass is 528 g/mol. The van der Waals surface area contributed by atoms with Gasteiger partial charge in [-0.15, -0.1) is 0 Å². The third-order valence-corrected chi connectivity index (χ3v) is 9.23. The minimum Gasteiger partial charge on any atom is -0.465 e. The zero-order chi connectivity index (χ0) is 27.2. The van der Waals surface area contributed by atoms with Gasteiger partial charge in [-0.2, -0.15) is 0 Å². The number of anilines is 1. The third-order valence-electron chi connectivity index (χ3n) is 9.23. The number of nitro groups is 1. The van der Waals surface area contributed by atoms with Crippen LogP contribution in [0, 0.1) is 27.9 Å². The minimum absolute atomic E-state index is 0.0171. The highest BCUT2D eigenvalue weighted by Gasteiger charge is 2.58. The Morgan fingerprint density at radius 2 is 1.92 bits per heavy atom. The van der Waals surface area contributed by atoms with Crippen molar-refractivity contribution in [2.75, 3.05) is 18.1 Å². The number of allylic oxidation sites excluding steroid dienone is 2. The molecule has 0 radical (unpaired) electrons. The summed E-state index contributed by atoms with van der Waals surface area (Å²) in [7, 11) is 0. The van der Waals surface area contributed by atoms with E-state index in [1.807, 2.05) is 6.08 Å². The number of nitrogens with zero attached hydrogens (tertiary/aromatic N) is 2. The van der Waals surface area contributed by atoms with Crippen molar-refractivity contribution in [2.24, 2.45) is 17.8 Å². The quantitative estimate of drug-likeness (QED) is 0.117. The first-order chi connectivity index (χ1) is 18.8. The van der Waals surface area contributed by atoms with E-state index < -0.39 is 5.72 Å². The Bertz CT molecular complexity index is 1350. The molecule has 2 aliphatic carbocycles. The molecule has 7 heteroatoms. The highest BCUT2D eigenvalue weighted by Crippen LogP contribution is 2.55. The van der Waals surface area contributed by atoms with Crippen LogP contribution in [0.3, 0.4) is 0 Å². The zero-order valence-electron chi connectivity index (χ0n) is 22.7. The molecule has 1 fully saturated rings. The van der Waals surface area contributed by atoms with Gasteiger partial charge in [-0.1, -0.05) is 36.8 Å². The van der Waals surface area contributed by atoms with Crippen LogP contribution < -0.4 is 9.64 Å². The highest BCUT2D eigenvalue weighted by molar-refractivity contribution is 5.74. The molecule has 204 valence electrons. The molecular weight excluding hydrogens is 492 g/mol. The smallest absolute Gasteiger partial charge is 0.309 e. The van der Waals surface area contributed by atoms with E-state index in [4.69, 9.17) is 9.47 Å². The SMILES string of the molecule is CC1(C)c2ccccc2N(CCCCCCOC(=O)C2CC3C=CC2C3)C12C=Cc1cc([N+](=O)[O-])ccc1O2. The van der Waals surface area contributed by atoms with Gasteiger partial charge >= 0.3 is 5.97 Å². The molecule has 39 heavy (non-hydrogen) atoms. The van der Waals surface area contributed by atoms with Crippen molar-refractivity contribution in [3.8, 4) is 5.75 Å². The molecule has 2 aromatic rings. The summed E-state index contributed by atoms with van der Waals surface area (Å²) in [4.78, 5) is 25.7. The van der Waals surface area contributed by atoms with Gasteiger partial charge in [0.15, 0.2) is 0 Å². The zero-order valence-corrected chi connectivity index (χ0v) is 22.7. The predicted molar refractivity (Wildman–Crippen MR) is 151 cm³/mol. The number of unbranched alkanes of at least 4 members (excludes halogenated alkanes) is 3. The molecule has 1 saturated carbocycles. The fourth-order valence-electron chi connectivity index (χ4n) is 7.05. The molecule has 0 aromatic heterocycles. The summed E-state index contributed by atoms with van der Waals surface area (Å²) in [5.74, 6) is 1.67. The highest BCUT2D eigenvalue weighted by atomic mass is 16.6. The van der Waals surface area contributed by atoms with Crippen LogP contribution in [0.4, 0.5) is 11.4 Å². The van der Waals surface area contributed by atoms with Crippen molar-refractivity contribution in [1.29, 1.82) is 0 Å². The Balaban J connectivity index is 1.09. The van der Waals surface area contributed by atoms with Crippen LogP contribution in [-0.4, -0.2) is 29.8 Å². The maximum absolute atomic E-state index is 12.5. The van der Waals surface area contributed by atoms with Gasteiger partial charge in [-0.3, -0.25) is 14.9 Å². The molecule has 2 aromatic carbocycles. The van der Waals surface area contributed by atoms with E-state index in [1.54, 1.807) is 12.1 Å². The number of ether oxygens (including phenoxy) is 2. The van der Waals surface area contributed by atoms with E-state index in [9.17, 15) is 14.9 Å². The van der Waals surface area contributed by atoms with E-state index in [-0.39, 0.29) is 27.9 Å². The van der Waals surface area contributed by atoms with Crippen LogP contribution in [0.2, 0.25) is 0 Å². The summed E-state index contributed by atoms with van der Waals surface area (Å²) < 4.78 is 12.4. The van der Waals surface area contributed by atoms with Gasteiger partial charge in [0.05, 0.1) is 22.9 Å². The Hall–Kier alpha value is -3.61. The standard InChI is InChI=1S/C32H36N2O5/c1-31(2)27-9-5-6-10-28(27)33(32(31)16-15-24-21-25(34(36)37)13-14-29(24)39-32)17-7-3-4-8-18-38-30(35)26-20-22-11-12-23(26)19-22/h5-6,9-16,21-23,26H,3-4,7-8,17-20H2,1-2H3. The number of rotatable bonds is 9. The van der Waals surface area contributed by atoms with Gasteiger partial charge in [-0.05, 0) is 87.6 Å². The van der Waals surface area contributed by atoms with Crippen LogP contribution >= 0.6 is 0 Å². The molecule has 4 atom stereocenters. The first-order valence-corrected chi connectivity index (χ1v) is 14.2. The predicted octanol–water partition coefficient (Wildman–Crippen LogP) is 6.81. The molecule has 7 nitrogen and oxygen atoms in total. The van der Waals surface area contributed by atoms with Crippen LogP contribution in [0.15, 0.2) is 60.7 Å². The number of benzene rings is 2. The molecule has 2 bridgehead atoms. The number of esters is 1. The second-order valence-corrected chi connectivity index (χ2v) is 11.9. The van der Waals surface area contributed by atoms with Gasteiger partial charge in [0.25, 0.3) is 5.69 Å². The molecule has 4 unspecified atom stereocenters. The van der Waals surface area contributed by atoms with E-state index in [2.05, 4.69) is 61.2 Å². The lowest BCUT2D eigenvalue weighted by Crippen LogP contribution is -2.59. The summed E-state index contributed by atoms with van der Waals surface area (Å²) in [5, 5.41) is 11.3. The second kappa shape index (κ2) is 9.85. The Morgan fingerprint density at radius 3 is 2.69 bits per heavy atom. The van der Waals surface area contributed by atoms with Crippen LogP contribution in [0.25, 0.3) is 6.08 Å². The van der Waals surface area contributed by atoms with Crippen molar-refractivity contribution in [2.45, 2.75) is 63.5 Å².